The van der Waals surface area contributed by atoms with Gasteiger partial charge >= 0.3 is 0 Å². The molecule has 1 N–H and O–H groups in total. The number of furan rings is 1. The number of amides is 1. The molecule has 1 amide bonds. The number of carbonyl (C=O) groups is 1. The second-order valence-corrected chi connectivity index (χ2v) is 8.38. The van der Waals surface area contributed by atoms with Crippen LogP contribution < -0.4 is 5.32 Å². The Labute approximate surface area is 157 Å². The van der Waals surface area contributed by atoms with Gasteiger partial charge in [-0.25, -0.2) is 13.4 Å². The molecule has 0 atom stereocenters. The zero-order chi connectivity index (χ0) is 18.9. The topological polar surface area (TPSA) is 92.5 Å². The molecule has 3 heterocycles. The average Bonchev–Trinajstić information content (AvgIpc) is 3.13. The highest BCUT2D eigenvalue weighted by atomic mass is 32.2. The van der Waals surface area contributed by atoms with E-state index in [0.717, 1.165) is 24.6 Å². The Hall–Kier alpha value is -2.71. The van der Waals surface area contributed by atoms with Crippen molar-refractivity contribution < 1.29 is 17.6 Å². The molecule has 1 saturated heterocycles. The highest BCUT2D eigenvalue weighted by Gasteiger charge is 2.26. The number of sulfonamides is 1. The van der Waals surface area contributed by atoms with E-state index < -0.39 is 15.9 Å². The third-order valence-electron chi connectivity index (χ3n) is 4.58. The van der Waals surface area contributed by atoms with E-state index >= 15 is 0 Å². The molecule has 2 aromatic heterocycles. The maximum atomic E-state index is 12.6. The van der Waals surface area contributed by atoms with Crippen molar-refractivity contribution in [3.8, 4) is 0 Å². The zero-order valence-corrected chi connectivity index (χ0v) is 15.4. The van der Waals surface area contributed by atoms with Gasteiger partial charge in [0.15, 0.2) is 5.76 Å². The number of piperidine rings is 1. The number of aromatic nitrogens is 1. The highest BCUT2D eigenvalue weighted by molar-refractivity contribution is 7.89. The summed E-state index contributed by atoms with van der Waals surface area (Å²) in [4.78, 5) is 16.6. The number of nitrogens with one attached hydrogen (secondary N) is 1. The van der Waals surface area contributed by atoms with Gasteiger partial charge in [0, 0.05) is 24.7 Å². The first-order valence-corrected chi connectivity index (χ1v) is 10.2. The van der Waals surface area contributed by atoms with Crippen LogP contribution in [-0.4, -0.2) is 36.7 Å². The summed E-state index contributed by atoms with van der Waals surface area (Å²) in [6, 6.07) is 11.9. The van der Waals surface area contributed by atoms with Crippen LogP contribution in [0.2, 0.25) is 0 Å². The van der Waals surface area contributed by atoms with Crippen LogP contribution in [0.1, 0.15) is 29.8 Å². The lowest BCUT2D eigenvalue weighted by atomic mass is 10.2. The predicted octanol–water partition coefficient (Wildman–Crippen LogP) is 3.25. The van der Waals surface area contributed by atoms with Crippen molar-refractivity contribution in [2.75, 3.05) is 18.4 Å². The second kappa shape index (κ2) is 7.13. The minimum Gasteiger partial charge on any atom is -0.451 e. The summed E-state index contributed by atoms with van der Waals surface area (Å²) in [5.41, 5.74) is 0.624. The van der Waals surface area contributed by atoms with Gasteiger partial charge in [-0.05, 0) is 37.1 Å². The number of benzene rings is 1. The van der Waals surface area contributed by atoms with Crippen LogP contribution in [0, 0.1) is 0 Å². The van der Waals surface area contributed by atoms with E-state index in [9.17, 15) is 13.2 Å². The minimum atomic E-state index is -3.54. The average molecular weight is 385 g/mol. The summed E-state index contributed by atoms with van der Waals surface area (Å²) in [7, 11) is -3.54. The van der Waals surface area contributed by atoms with E-state index in [4.69, 9.17) is 4.42 Å². The summed E-state index contributed by atoms with van der Waals surface area (Å²) >= 11 is 0. The van der Waals surface area contributed by atoms with E-state index in [2.05, 4.69) is 10.3 Å². The van der Waals surface area contributed by atoms with Crippen molar-refractivity contribution in [2.24, 2.45) is 0 Å². The first-order chi connectivity index (χ1) is 13.0. The Morgan fingerprint density at radius 1 is 1.07 bits per heavy atom. The Balaban J connectivity index is 1.49. The lowest BCUT2D eigenvalue weighted by molar-refractivity contribution is 0.0998. The molecule has 1 fully saturated rings. The molecule has 0 aliphatic carbocycles. The SMILES string of the molecule is O=C(Nc1ccc(S(=O)(=O)N2CCCCC2)cn1)c1cc2ccccc2o1. The third-order valence-corrected chi connectivity index (χ3v) is 6.46. The van der Waals surface area contributed by atoms with Crippen LogP contribution in [0.3, 0.4) is 0 Å². The summed E-state index contributed by atoms with van der Waals surface area (Å²) in [6.45, 7) is 1.07. The maximum Gasteiger partial charge on any atom is 0.292 e. The van der Waals surface area contributed by atoms with Crippen molar-refractivity contribution in [1.29, 1.82) is 0 Å². The van der Waals surface area contributed by atoms with Crippen LogP contribution in [-0.2, 0) is 10.0 Å². The summed E-state index contributed by atoms with van der Waals surface area (Å²) in [5, 5.41) is 3.46. The van der Waals surface area contributed by atoms with Crippen LogP contribution in [0.5, 0.6) is 0 Å². The first-order valence-electron chi connectivity index (χ1n) is 8.80. The number of hydrogen-bond donors (Lipinski definition) is 1. The van der Waals surface area contributed by atoms with Gasteiger partial charge in [-0.2, -0.15) is 4.31 Å². The number of rotatable bonds is 4. The molecule has 0 spiro atoms. The molecule has 0 saturated carbocycles. The van der Waals surface area contributed by atoms with Gasteiger partial charge in [0.25, 0.3) is 5.91 Å². The van der Waals surface area contributed by atoms with Crippen LogP contribution in [0.25, 0.3) is 11.0 Å². The van der Waals surface area contributed by atoms with Crippen molar-refractivity contribution in [1.82, 2.24) is 9.29 Å². The quantitative estimate of drug-likeness (QED) is 0.744. The molecule has 4 rings (SSSR count). The molecule has 0 bridgehead atoms. The molecule has 7 nitrogen and oxygen atoms in total. The molecule has 8 heteroatoms. The molecule has 0 unspecified atom stereocenters. The van der Waals surface area contributed by atoms with Gasteiger partial charge < -0.3 is 9.73 Å². The van der Waals surface area contributed by atoms with Crippen LogP contribution >= 0.6 is 0 Å². The number of carbonyl (C=O) groups excluding carboxylic acids is 1. The van der Waals surface area contributed by atoms with Gasteiger partial charge in [-0.3, -0.25) is 4.79 Å². The molecule has 3 aromatic rings. The standard InChI is InChI=1S/C19H19N3O4S/c23-19(17-12-14-6-2-3-7-16(14)26-17)21-18-9-8-15(13-20-18)27(24,25)22-10-4-1-5-11-22/h2-3,6-9,12-13H,1,4-5,10-11H2,(H,20,21,23). The monoisotopic (exact) mass is 385 g/mol. The van der Waals surface area contributed by atoms with Crippen molar-refractivity contribution in [2.45, 2.75) is 24.2 Å². The van der Waals surface area contributed by atoms with Crippen molar-refractivity contribution in [3.05, 3.63) is 54.4 Å². The fraction of sp³-hybridized carbons (Fsp3) is 0.263. The number of hydrogen-bond acceptors (Lipinski definition) is 5. The Bertz CT molecular complexity index is 1030. The van der Waals surface area contributed by atoms with Gasteiger partial charge in [0.05, 0.1) is 0 Å². The first kappa shape index (κ1) is 17.7. The van der Waals surface area contributed by atoms with E-state index in [1.165, 1.54) is 22.6 Å². The molecule has 27 heavy (non-hydrogen) atoms. The normalized spacial score (nSPS) is 15.7. The Morgan fingerprint density at radius 3 is 2.56 bits per heavy atom. The molecule has 1 aliphatic rings. The summed E-state index contributed by atoms with van der Waals surface area (Å²) in [5.74, 6) is -0.00796. The minimum absolute atomic E-state index is 0.131. The number of fused-ring (bicyclic) bond motifs is 1. The summed E-state index contributed by atoms with van der Waals surface area (Å²) in [6.07, 6.45) is 4.08. The Kier molecular flexibility index (Phi) is 4.67. The number of nitrogens with zero attached hydrogens (tertiary/aromatic N) is 2. The fourth-order valence-corrected chi connectivity index (χ4v) is 4.60. The lowest BCUT2D eigenvalue weighted by Gasteiger charge is -2.25. The van der Waals surface area contributed by atoms with E-state index in [-0.39, 0.29) is 16.5 Å². The molecule has 1 aliphatic heterocycles. The third kappa shape index (κ3) is 3.58. The van der Waals surface area contributed by atoms with Gasteiger partial charge in [-0.1, -0.05) is 24.6 Å². The molecule has 1 aromatic carbocycles. The number of para-hydroxylation sites is 1. The van der Waals surface area contributed by atoms with E-state index in [1.807, 2.05) is 18.2 Å². The molecular weight excluding hydrogens is 366 g/mol. The Morgan fingerprint density at radius 2 is 1.85 bits per heavy atom. The van der Waals surface area contributed by atoms with Gasteiger partial charge in [0.2, 0.25) is 10.0 Å². The van der Waals surface area contributed by atoms with Crippen molar-refractivity contribution in [3.63, 3.8) is 0 Å². The van der Waals surface area contributed by atoms with Crippen LogP contribution in [0.15, 0.2) is 58.0 Å². The fourth-order valence-electron chi connectivity index (χ4n) is 3.13. The summed E-state index contributed by atoms with van der Waals surface area (Å²) < 4.78 is 32.3. The molecular formula is C19H19N3O4S. The molecule has 140 valence electrons. The second-order valence-electron chi connectivity index (χ2n) is 6.45. The van der Waals surface area contributed by atoms with Crippen LogP contribution in [0.4, 0.5) is 5.82 Å². The smallest absolute Gasteiger partial charge is 0.292 e. The largest absolute Gasteiger partial charge is 0.451 e. The van der Waals surface area contributed by atoms with Crippen molar-refractivity contribution >= 4 is 32.7 Å². The maximum absolute atomic E-state index is 12.6. The number of pyridine rings is 1. The lowest BCUT2D eigenvalue weighted by Crippen LogP contribution is -2.35. The van der Waals surface area contributed by atoms with E-state index in [0.29, 0.717) is 18.7 Å². The van der Waals surface area contributed by atoms with Gasteiger partial charge in [-0.15, -0.1) is 0 Å². The predicted molar refractivity (Wildman–Crippen MR) is 101 cm³/mol. The zero-order valence-electron chi connectivity index (χ0n) is 14.6. The van der Waals surface area contributed by atoms with E-state index in [1.54, 1.807) is 12.1 Å². The molecule has 0 radical (unpaired) electrons. The number of anilines is 1. The van der Waals surface area contributed by atoms with Gasteiger partial charge in [0.1, 0.15) is 16.3 Å². The highest BCUT2D eigenvalue weighted by Crippen LogP contribution is 2.22.